The third kappa shape index (κ3) is 1.49. The second-order valence-electron chi connectivity index (χ2n) is 4.40. The van der Waals surface area contributed by atoms with Gasteiger partial charge < -0.3 is 14.8 Å². The van der Waals surface area contributed by atoms with Crippen molar-refractivity contribution >= 4 is 0 Å². The standard InChI is InChI=1S/C9H17NO2/c1-8(2)11-6-9(7-12-8)3-4-10-5-9/h10H,3-7H2,1-2H3. The molecular weight excluding hydrogens is 154 g/mol. The summed E-state index contributed by atoms with van der Waals surface area (Å²) in [7, 11) is 0. The minimum absolute atomic E-state index is 0.273. The van der Waals surface area contributed by atoms with Crippen molar-refractivity contribution in [2.24, 2.45) is 5.41 Å². The molecule has 0 aromatic carbocycles. The van der Waals surface area contributed by atoms with Crippen LogP contribution in [-0.2, 0) is 9.47 Å². The fourth-order valence-corrected chi connectivity index (χ4v) is 1.78. The van der Waals surface area contributed by atoms with Crippen molar-refractivity contribution in [3.05, 3.63) is 0 Å². The quantitative estimate of drug-likeness (QED) is 0.583. The zero-order valence-electron chi connectivity index (χ0n) is 7.85. The van der Waals surface area contributed by atoms with Crippen molar-refractivity contribution in [2.45, 2.75) is 26.1 Å². The summed E-state index contributed by atoms with van der Waals surface area (Å²) in [5.41, 5.74) is 0.273. The summed E-state index contributed by atoms with van der Waals surface area (Å²) >= 11 is 0. The van der Waals surface area contributed by atoms with Crippen LogP contribution >= 0.6 is 0 Å². The van der Waals surface area contributed by atoms with Crippen molar-refractivity contribution in [1.82, 2.24) is 5.32 Å². The zero-order valence-corrected chi connectivity index (χ0v) is 7.85. The summed E-state index contributed by atoms with van der Waals surface area (Å²) in [5, 5.41) is 3.35. The Morgan fingerprint density at radius 2 is 1.83 bits per heavy atom. The van der Waals surface area contributed by atoms with Gasteiger partial charge in [0.25, 0.3) is 0 Å². The molecule has 3 heteroatoms. The molecule has 0 atom stereocenters. The van der Waals surface area contributed by atoms with E-state index in [1.54, 1.807) is 0 Å². The Hall–Kier alpha value is -0.120. The van der Waals surface area contributed by atoms with Crippen LogP contribution in [-0.4, -0.2) is 32.1 Å². The lowest BCUT2D eigenvalue weighted by atomic mass is 9.88. The maximum Gasteiger partial charge on any atom is 0.162 e. The highest BCUT2D eigenvalue weighted by Crippen LogP contribution is 2.34. The summed E-state index contributed by atoms with van der Waals surface area (Å²) < 4.78 is 11.3. The minimum atomic E-state index is -0.367. The maximum atomic E-state index is 5.64. The van der Waals surface area contributed by atoms with Crippen LogP contribution in [0.25, 0.3) is 0 Å². The molecule has 0 aliphatic carbocycles. The first-order valence-corrected chi connectivity index (χ1v) is 4.61. The average molecular weight is 171 g/mol. The Balaban J connectivity index is 1.97. The summed E-state index contributed by atoms with van der Waals surface area (Å²) in [5.74, 6) is -0.367. The first-order chi connectivity index (χ1) is 5.62. The first-order valence-electron chi connectivity index (χ1n) is 4.61. The van der Waals surface area contributed by atoms with E-state index in [4.69, 9.17) is 9.47 Å². The van der Waals surface area contributed by atoms with E-state index in [-0.39, 0.29) is 11.2 Å². The molecule has 2 saturated heterocycles. The molecule has 0 radical (unpaired) electrons. The van der Waals surface area contributed by atoms with Gasteiger partial charge in [-0.15, -0.1) is 0 Å². The average Bonchev–Trinajstić information content (AvgIpc) is 2.46. The molecule has 2 fully saturated rings. The number of hydrogen-bond acceptors (Lipinski definition) is 3. The van der Waals surface area contributed by atoms with Gasteiger partial charge in [0.05, 0.1) is 13.2 Å². The number of nitrogens with one attached hydrogen (secondary N) is 1. The van der Waals surface area contributed by atoms with Crippen molar-refractivity contribution in [3.8, 4) is 0 Å². The van der Waals surface area contributed by atoms with Gasteiger partial charge in [-0.3, -0.25) is 0 Å². The SMILES string of the molecule is CC1(C)OCC2(CCNC2)CO1. The normalized spacial score (nSPS) is 32.5. The summed E-state index contributed by atoms with van der Waals surface area (Å²) in [4.78, 5) is 0. The van der Waals surface area contributed by atoms with E-state index in [2.05, 4.69) is 5.32 Å². The van der Waals surface area contributed by atoms with Crippen LogP contribution in [0.4, 0.5) is 0 Å². The van der Waals surface area contributed by atoms with E-state index < -0.39 is 0 Å². The van der Waals surface area contributed by atoms with E-state index in [0.29, 0.717) is 0 Å². The predicted molar refractivity (Wildman–Crippen MR) is 45.9 cm³/mol. The molecule has 70 valence electrons. The van der Waals surface area contributed by atoms with Crippen LogP contribution < -0.4 is 5.32 Å². The van der Waals surface area contributed by atoms with Crippen molar-refractivity contribution in [2.75, 3.05) is 26.3 Å². The zero-order chi connectivity index (χ0) is 8.66. The molecular formula is C9H17NO2. The molecule has 3 nitrogen and oxygen atoms in total. The van der Waals surface area contributed by atoms with Gasteiger partial charge in [0.1, 0.15) is 0 Å². The van der Waals surface area contributed by atoms with Gasteiger partial charge in [-0.05, 0) is 26.8 Å². The fraction of sp³-hybridized carbons (Fsp3) is 1.00. The Kier molecular flexibility index (Phi) is 1.90. The van der Waals surface area contributed by atoms with Crippen molar-refractivity contribution < 1.29 is 9.47 Å². The van der Waals surface area contributed by atoms with Gasteiger partial charge >= 0.3 is 0 Å². The highest BCUT2D eigenvalue weighted by molar-refractivity contribution is 4.90. The van der Waals surface area contributed by atoms with Gasteiger partial charge in [0, 0.05) is 12.0 Å². The van der Waals surface area contributed by atoms with Gasteiger partial charge in [0.2, 0.25) is 0 Å². The van der Waals surface area contributed by atoms with Gasteiger partial charge in [-0.1, -0.05) is 0 Å². The molecule has 0 bridgehead atoms. The lowest BCUT2D eigenvalue weighted by molar-refractivity contribution is -0.281. The highest BCUT2D eigenvalue weighted by atomic mass is 16.7. The van der Waals surface area contributed by atoms with E-state index in [1.807, 2.05) is 13.8 Å². The largest absolute Gasteiger partial charge is 0.350 e. The first kappa shape index (κ1) is 8.48. The van der Waals surface area contributed by atoms with Gasteiger partial charge in [0.15, 0.2) is 5.79 Å². The Morgan fingerprint density at radius 1 is 1.17 bits per heavy atom. The molecule has 0 aromatic rings. The number of hydrogen-bond donors (Lipinski definition) is 1. The smallest absolute Gasteiger partial charge is 0.162 e. The van der Waals surface area contributed by atoms with E-state index in [9.17, 15) is 0 Å². The topological polar surface area (TPSA) is 30.5 Å². The molecule has 1 N–H and O–H groups in total. The third-order valence-electron chi connectivity index (χ3n) is 2.78. The van der Waals surface area contributed by atoms with Crippen LogP contribution in [0.15, 0.2) is 0 Å². The van der Waals surface area contributed by atoms with Crippen LogP contribution in [0.2, 0.25) is 0 Å². The van der Waals surface area contributed by atoms with Crippen molar-refractivity contribution in [1.29, 1.82) is 0 Å². The monoisotopic (exact) mass is 171 g/mol. The van der Waals surface area contributed by atoms with E-state index in [1.165, 1.54) is 6.42 Å². The molecule has 2 heterocycles. The Bertz CT molecular complexity index is 161. The van der Waals surface area contributed by atoms with E-state index in [0.717, 1.165) is 26.3 Å². The van der Waals surface area contributed by atoms with Crippen molar-refractivity contribution in [3.63, 3.8) is 0 Å². The van der Waals surface area contributed by atoms with Crippen LogP contribution in [0, 0.1) is 5.41 Å². The Labute approximate surface area is 73.4 Å². The fourth-order valence-electron chi connectivity index (χ4n) is 1.78. The minimum Gasteiger partial charge on any atom is -0.350 e. The third-order valence-corrected chi connectivity index (χ3v) is 2.78. The maximum absolute atomic E-state index is 5.64. The second-order valence-corrected chi connectivity index (χ2v) is 4.40. The molecule has 1 spiro atoms. The lowest BCUT2D eigenvalue weighted by Gasteiger charge is -2.40. The molecule has 0 saturated carbocycles. The molecule has 12 heavy (non-hydrogen) atoms. The lowest BCUT2D eigenvalue weighted by Crippen LogP contribution is -2.47. The van der Waals surface area contributed by atoms with E-state index >= 15 is 0 Å². The highest BCUT2D eigenvalue weighted by Gasteiger charge is 2.41. The number of ether oxygens (including phenoxy) is 2. The summed E-state index contributed by atoms with van der Waals surface area (Å²) in [6.45, 7) is 7.78. The summed E-state index contributed by atoms with van der Waals surface area (Å²) in [6.07, 6.45) is 1.18. The molecule has 2 aliphatic rings. The summed E-state index contributed by atoms with van der Waals surface area (Å²) in [6, 6.07) is 0. The molecule has 2 rings (SSSR count). The molecule has 0 aromatic heterocycles. The molecule has 0 unspecified atom stereocenters. The second kappa shape index (κ2) is 2.69. The Morgan fingerprint density at radius 3 is 2.33 bits per heavy atom. The van der Waals surface area contributed by atoms with Gasteiger partial charge in [-0.25, -0.2) is 0 Å². The molecule has 2 aliphatic heterocycles. The number of rotatable bonds is 0. The van der Waals surface area contributed by atoms with Crippen LogP contribution in [0.5, 0.6) is 0 Å². The van der Waals surface area contributed by atoms with Crippen LogP contribution in [0.3, 0.4) is 0 Å². The molecule has 0 amide bonds. The van der Waals surface area contributed by atoms with Crippen LogP contribution in [0.1, 0.15) is 20.3 Å². The predicted octanol–water partition coefficient (Wildman–Crippen LogP) is 0.749. The van der Waals surface area contributed by atoms with Gasteiger partial charge in [-0.2, -0.15) is 0 Å².